The second-order valence-corrected chi connectivity index (χ2v) is 2.29. The van der Waals surface area contributed by atoms with Gasteiger partial charge in [-0.15, -0.1) is 0 Å². The van der Waals surface area contributed by atoms with E-state index in [0.29, 0.717) is 0 Å². The SMILES string of the molecule is NC(=O)Oc1ccc(C(F)F)cc1. The number of alkyl halides is 2. The predicted octanol–water partition coefficient (Wildman–Crippen LogP) is 2.08. The number of nitrogens with two attached hydrogens (primary N) is 1. The topological polar surface area (TPSA) is 52.3 Å². The summed E-state index contributed by atoms with van der Waals surface area (Å²) in [5.74, 6) is 0.150. The minimum atomic E-state index is -2.53. The van der Waals surface area contributed by atoms with Gasteiger partial charge in [-0.1, -0.05) is 0 Å². The van der Waals surface area contributed by atoms with E-state index in [0.717, 1.165) is 0 Å². The minimum Gasteiger partial charge on any atom is -0.411 e. The summed E-state index contributed by atoms with van der Waals surface area (Å²) >= 11 is 0. The Hall–Kier alpha value is -1.65. The lowest BCUT2D eigenvalue weighted by atomic mass is 10.2. The van der Waals surface area contributed by atoms with Crippen LogP contribution in [0.25, 0.3) is 0 Å². The third kappa shape index (κ3) is 2.70. The van der Waals surface area contributed by atoms with Gasteiger partial charge in [0.2, 0.25) is 0 Å². The van der Waals surface area contributed by atoms with E-state index in [9.17, 15) is 13.6 Å². The molecule has 13 heavy (non-hydrogen) atoms. The van der Waals surface area contributed by atoms with Crippen molar-refractivity contribution in [3.8, 4) is 5.75 Å². The average molecular weight is 187 g/mol. The van der Waals surface area contributed by atoms with E-state index < -0.39 is 12.5 Å². The zero-order chi connectivity index (χ0) is 9.84. The fraction of sp³-hybridized carbons (Fsp3) is 0.125. The van der Waals surface area contributed by atoms with Crippen molar-refractivity contribution >= 4 is 6.09 Å². The molecule has 0 fully saturated rings. The van der Waals surface area contributed by atoms with Gasteiger partial charge < -0.3 is 10.5 Å². The molecule has 0 aliphatic carbocycles. The summed E-state index contributed by atoms with van der Waals surface area (Å²) in [6, 6.07) is 4.85. The summed E-state index contributed by atoms with van der Waals surface area (Å²) in [7, 11) is 0. The average Bonchev–Trinajstić information content (AvgIpc) is 2.04. The molecule has 0 unspecified atom stereocenters. The summed E-state index contributed by atoms with van der Waals surface area (Å²) in [5, 5.41) is 0. The molecule has 1 rings (SSSR count). The van der Waals surface area contributed by atoms with Gasteiger partial charge in [0.25, 0.3) is 6.43 Å². The molecule has 1 aromatic carbocycles. The normalized spacial score (nSPS) is 10.1. The van der Waals surface area contributed by atoms with E-state index in [1.807, 2.05) is 0 Å². The van der Waals surface area contributed by atoms with E-state index in [-0.39, 0.29) is 11.3 Å². The Kier molecular flexibility index (Phi) is 2.79. The molecule has 5 heteroatoms. The van der Waals surface area contributed by atoms with E-state index >= 15 is 0 Å². The van der Waals surface area contributed by atoms with Crippen molar-refractivity contribution in [3.63, 3.8) is 0 Å². The first-order valence-corrected chi connectivity index (χ1v) is 3.45. The molecule has 0 saturated carbocycles. The first kappa shape index (κ1) is 9.44. The van der Waals surface area contributed by atoms with Crippen LogP contribution in [0.15, 0.2) is 24.3 Å². The Morgan fingerprint density at radius 1 is 1.31 bits per heavy atom. The lowest BCUT2D eigenvalue weighted by molar-refractivity contribution is 0.151. The summed E-state index contributed by atoms with van der Waals surface area (Å²) in [5.41, 5.74) is 4.59. The van der Waals surface area contributed by atoms with Crippen molar-refractivity contribution in [2.45, 2.75) is 6.43 Å². The lowest BCUT2D eigenvalue weighted by Gasteiger charge is -2.01. The number of hydrogen-bond acceptors (Lipinski definition) is 2. The van der Waals surface area contributed by atoms with E-state index in [4.69, 9.17) is 5.73 Å². The molecular weight excluding hydrogens is 180 g/mol. The van der Waals surface area contributed by atoms with Crippen molar-refractivity contribution in [2.75, 3.05) is 0 Å². The molecule has 1 aromatic rings. The molecule has 0 radical (unpaired) electrons. The Morgan fingerprint density at radius 3 is 2.23 bits per heavy atom. The standard InChI is InChI=1S/C8H7F2NO2/c9-7(10)5-1-3-6(4-2-5)13-8(11)12/h1-4,7H,(H2,11,12). The van der Waals surface area contributed by atoms with Crippen LogP contribution in [0.4, 0.5) is 13.6 Å². The second-order valence-electron chi connectivity index (χ2n) is 2.29. The molecule has 0 aliphatic heterocycles. The summed E-state index contributed by atoms with van der Waals surface area (Å²) in [4.78, 5) is 10.2. The molecule has 1 amide bonds. The van der Waals surface area contributed by atoms with Gasteiger partial charge in [-0.05, 0) is 24.3 Å². The van der Waals surface area contributed by atoms with E-state index in [1.165, 1.54) is 24.3 Å². The number of primary amides is 1. The molecule has 0 saturated heterocycles. The highest BCUT2D eigenvalue weighted by Crippen LogP contribution is 2.21. The van der Waals surface area contributed by atoms with Crippen molar-refractivity contribution in [3.05, 3.63) is 29.8 Å². The first-order valence-electron chi connectivity index (χ1n) is 3.45. The number of carbonyl (C=O) groups excluding carboxylic acids is 1. The molecule has 0 heterocycles. The van der Waals surface area contributed by atoms with Gasteiger partial charge in [0, 0.05) is 5.56 Å². The first-order chi connectivity index (χ1) is 6.09. The number of hydrogen-bond donors (Lipinski definition) is 1. The highest BCUT2D eigenvalue weighted by atomic mass is 19.3. The van der Waals surface area contributed by atoms with Gasteiger partial charge in [-0.3, -0.25) is 0 Å². The van der Waals surface area contributed by atoms with Crippen molar-refractivity contribution in [1.82, 2.24) is 0 Å². The van der Waals surface area contributed by atoms with Crippen LogP contribution in [0, 0.1) is 0 Å². The van der Waals surface area contributed by atoms with E-state index in [2.05, 4.69) is 4.74 Å². The second kappa shape index (κ2) is 3.84. The number of rotatable bonds is 2. The third-order valence-corrected chi connectivity index (χ3v) is 1.35. The van der Waals surface area contributed by atoms with Crippen LogP contribution in [0.3, 0.4) is 0 Å². The maximum absolute atomic E-state index is 12.0. The number of benzene rings is 1. The zero-order valence-corrected chi connectivity index (χ0v) is 6.54. The summed E-state index contributed by atoms with van der Waals surface area (Å²) in [6.07, 6.45) is -3.49. The smallest absolute Gasteiger partial charge is 0.409 e. The van der Waals surface area contributed by atoms with Crippen molar-refractivity contribution < 1.29 is 18.3 Å². The Balaban J connectivity index is 2.75. The van der Waals surface area contributed by atoms with Crippen molar-refractivity contribution in [2.24, 2.45) is 5.73 Å². The Labute approximate surface area is 73.1 Å². The highest BCUT2D eigenvalue weighted by Gasteiger charge is 2.06. The van der Waals surface area contributed by atoms with Crippen LogP contribution in [0.2, 0.25) is 0 Å². The van der Waals surface area contributed by atoms with Crippen LogP contribution in [0.5, 0.6) is 5.75 Å². The summed E-state index contributed by atoms with van der Waals surface area (Å²) in [6.45, 7) is 0. The quantitative estimate of drug-likeness (QED) is 0.770. The Morgan fingerprint density at radius 2 is 1.85 bits per heavy atom. The zero-order valence-electron chi connectivity index (χ0n) is 6.54. The maximum Gasteiger partial charge on any atom is 0.409 e. The largest absolute Gasteiger partial charge is 0.411 e. The molecule has 0 spiro atoms. The number of carbonyl (C=O) groups is 1. The number of amides is 1. The molecule has 0 bridgehead atoms. The highest BCUT2D eigenvalue weighted by molar-refractivity contribution is 5.67. The maximum atomic E-state index is 12.0. The lowest BCUT2D eigenvalue weighted by Crippen LogP contribution is -2.16. The van der Waals surface area contributed by atoms with Crippen molar-refractivity contribution in [1.29, 1.82) is 0 Å². The van der Waals surface area contributed by atoms with Gasteiger partial charge >= 0.3 is 6.09 Å². The van der Waals surface area contributed by atoms with Gasteiger partial charge in [-0.2, -0.15) is 0 Å². The minimum absolute atomic E-state index is 0.128. The van der Waals surface area contributed by atoms with Crippen LogP contribution in [0.1, 0.15) is 12.0 Å². The molecule has 0 aromatic heterocycles. The molecule has 70 valence electrons. The molecule has 0 aliphatic rings. The van der Waals surface area contributed by atoms with Gasteiger partial charge in [0.1, 0.15) is 5.75 Å². The Bertz CT molecular complexity index is 298. The fourth-order valence-electron chi connectivity index (χ4n) is 0.798. The number of halogens is 2. The molecular formula is C8H7F2NO2. The third-order valence-electron chi connectivity index (χ3n) is 1.35. The van der Waals surface area contributed by atoms with Crippen LogP contribution in [-0.2, 0) is 0 Å². The monoisotopic (exact) mass is 187 g/mol. The fourth-order valence-corrected chi connectivity index (χ4v) is 0.798. The summed E-state index contributed by atoms with van der Waals surface area (Å²) < 4.78 is 28.5. The van der Waals surface area contributed by atoms with Crippen LogP contribution in [-0.4, -0.2) is 6.09 Å². The van der Waals surface area contributed by atoms with Gasteiger partial charge in [0.15, 0.2) is 0 Å². The predicted molar refractivity (Wildman–Crippen MR) is 41.6 cm³/mol. The van der Waals surface area contributed by atoms with E-state index in [1.54, 1.807) is 0 Å². The number of ether oxygens (including phenoxy) is 1. The van der Waals surface area contributed by atoms with Gasteiger partial charge in [-0.25, -0.2) is 13.6 Å². The molecule has 3 nitrogen and oxygen atoms in total. The molecule has 0 atom stereocenters. The van der Waals surface area contributed by atoms with Crippen LogP contribution >= 0.6 is 0 Å². The van der Waals surface area contributed by atoms with Crippen LogP contribution < -0.4 is 10.5 Å². The molecule has 2 N–H and O–H groups in total. The van der Waals surface area contributed by atoms with Gasteiger partial charge in [0.05, 0.1) is 0 Å².